The third kappa shape index (κ3) is 2.88. The van der Waals surface area contributed by atoms with E-state index in [4.69, 9.17) is 9.47 Å². The lowest BCUT2D eigenvalue weighted by Gasteiger charge is -2.09. The second kappa shape index (κ2) is 6.27. The molecule has 1 aliphatic carbocycles. The lowest BCUT2D eigenvalue weighted by Crippen LogP contribution is -2.26. The first-order valence-corrected chi connectivity index (χ1v) is 8.55. The second-order valence-electron chi connectivity index (χ2n) is 6.45. The maximum Gasteiger partial charge on any atom is 0.268 e. The third-order valence-corrected chi connectivity index (χ3v) is 4.80. The maximum absolute atomic E-state index is 12.5. The van der Waals surface area contributed by atoms with Crippen molar-refractivity contribution in [3.8, 4) is 11.5 Å². The predicted molar refractivity (Wildman–Crippen MR) is 91.4 cm³/mol. The molecule has 0 saturated carbocycles. The lowest BCUT2D eigenvalue weighted by molar-refractivity contribution is 0.0948. The quantitative estimate of drug-likeness (QED) is 0.896. The molecular weight excluding hydrogens is 320 g/mol. The summed E-state index contributed by atoms with van der Waals surface area (Å²) < 4.78 is 10.7. The molecule has 6 nitrogen and oxygen atoms in total. The molecule has 1 amide bonds. The van der Waals surface area contributed by atoms with Crippen LogP contribution in [0.1, 0.15) is 50.5 Å². The Balaban J connectivity index is 1.40. The molecule has 6 heteroatoms. The average Bonchev–Trinajstić information content (AvgIpc) is 3.19. The van der Waals surface area contributed by atoms with E-state index >= 15 is 0 Å². The summed E-state index contributed by atoms with van der Waals surface area (Å²) >= 11 is 0. The number of carbonyl (C=O) groups excluding carboxylic acids is 2. The van der Waals surface area contributed by atoms with E-state index in [-0.39, 0.29) is 18.5 Å². The molecule has 2 aromatic rings. The van der Waals surface area contributed by atoms with Gasteiger partial charge in [0.25, 0.3) is 5.91 Å². The van der Waals surface area contributed by atoms with Gasteiger partial charge in [0, 0.05) is 24.2 Å². The standard InChI is InChI=1S/C19H20N2O4/c1-11-17-13(3-2-4-14(17)22)21-18(11)19(23)20-8-7-12-5-6-15-16(9-12)25-10-24-15/h5-6,9,21H,2-4,7-8,10H2,1H3,(H,20,23). The van der Waals surface area contributed by atoms with Gasteiger partial charge >= 0.3 is 0 Å². The number of H-pyrrole nitrogens is 1. The van der Waals surface area contributed by atoms with Gasteiger partial charge in [-0.15, -0.1) is 0 Å². The highest BCUT2D eigenvalue weighted by Crippen LogP contribution is 2.32. The number of hydrogen-bond acceptors (Lipinski definition) is 4. The summed E-state index contributed by atoms with van der Waals surface area (Å²) in [6.45, 7) is 2.60. The zero-order valence-corrected chi connectivity index (χ0v) is 14.1. The number of Topliss-reactive ketones (excluding diaryl/α,β-unsaturated/α-hetero) is 1. The van der Waals surface area contributed by atoms with Gasteiger partial charge in [0.1, 0.15) is 5.69 Å². The van der Waals surface area contributed by atoms with Gasteiger partial charge in [-0.2, -0.15) is 0 Å². The van der Waals surface area contributed by atoms with Crippen molar-refractivity contribution < 1.29 is 19.1 Å². The van der Waals surface area contributed by atoms with Crippen LogP contribution in [0, 0.1) is 6.92 Å². The molecule has 0 radical (unpaired) electrons. The zero-order chi connectivity index (χ0) is 17.4. The van der Waals surface area contributed by atoms with Crippen LogP contribution < -0.4 is 14.8 Å². The SMILES string of the molecule is Cc1c(C(=O)NCCc2ccc3c(c2)OCO3)[nH]c2c1C(=O)CCC2. The topological polar surface area (TPSA) is 80.4 Å². The largest absolute Gasteiger partial charge is 0.454 e. The van der Waals surface area contributed by atoms with Crippen molar-refractivity contribution in [1.82, 2.24) is 10.3 Å². The highest BCUT2D eigenvalue weighted by atomic mass is 16.7. The maximum atomic E-state index is 12.5. The van der Waals surface area contributed by atoms with E-state index in [1.807, 2.05) is 25.1 Å². The molecule has 25 heavy (non-hydrogen) atoms. The van der Waals surface area contributed by atoms with Crippen LogP contribution in [0.4, 0.5) is 0 Å². The van der Waals surface area contributed by atoms with Crippen LogP contribution in [-0.4, -0.2) is 30.0 Å². The molecular formula is C19H20N2O4. The van der Waals surface area contributed by atoms with Crippen molar-refractivity contribution in [1.29, 1.82) is 0 Å². The average molecular weight is 340 g/mol. The van der Waals surface area contributed by atoms with E-state index in [2.05, 4.69) is 10.3 Å². The fourth-order valence-corrected chi connectivity index (χ4v) is 3.51. The van der Waals surface area contributed by atoms with Crippen LogP contribution in [0.3, 0.4) is 0 Å². The van der Waals surface area contributed by atoms with Crippen molar-refractivity contribution in [3.05, 3.63) is 46.3 Å². The van der Waals surface area contributed by atoms with Gasteiger partial charge in [-0.3, -0.25) is 9.59 Å². The smallest absolute Gasteiger partial charge is 0.268 e. The van der Waals surface area contributed by atoms with Crippen molar-refractivity contribution in [3.63, 3.8) is 0 Å². The van der Waals surface area contributed by atoms with Crippen molar-refractivity contribution in [2.75, 3.05) is 13.3 Å². The Labute approximate surface area is 145 Å². The Bertz CT molecular complexity index is 853. The Hall–Kier alpha value is -2.76. The summed E-state index contributed by atoms with van der Waals surface area (Å²) in [4.78, 5) is 27.7. The lowest BCUT2D eigenvalue weighted by atomic mass is 9.94. The van der Waals surface area contributed by atoms with Crippen LogP contribution >= 0.6 is 0 Å². The third-order valence-electron chi connectivity index (χ3n) is 4.80. The summed E-state index contributed by atoms with van der Waals surface area (Å²) in [5, 5.41) is 2.93. The Kier molecular flexibility index (Phi) is 3.95. The molecule has 1 aromatic heterocycles. The Morgan fingerprint density at radius 3 is 2.92 bits per heavy atom. The number of aryl methyl sites for hydroxylation is 1. The highest BCUT2D eigenvalue weighted by Gasteiger charge is 2.26. The molecule has 2 N–H and O–H groups in total. The number of ether oxygens (including phenoxy) is 2. The number of nitrogens with one attached hydrogen (secondary N) is 2. The van der Waals surface area contributed by atoms with E-state index < -0.39 is 0 Å². The number of hydrogen-bond donors (Lipinski definition) is 2. The molecule has 0 bridgehead atoms. The molecule has 0 saturated heterocycles. The molecule has 2 aliphatic rings. The number of aromatic nitrogens is 1. The van der Waals surface area contributed by atoms with Gasteiger partial charge in [0.2, 0.25) is 6.79 Å². The summed E-state index contributed by atoms with van der Waals surface area (Å²) in [6, 6.07) is 5.79. The minimum absolute atomic E-state index is 0.134. The monoisotopic (exact) mass is 340 g/mol. The second-order valence-corrected chi connectivity index (χ2v) is 6.45. The van der Waals surface area contributed by atoms with Crippen LogP contribution in [0.25, 0.3) is 0 Å². The zero-order valence-electron chi connectivity index (χ0n) is 14.1. The molecule has 130 valence electrons. The number of aromatic amines is 1. The van der Waals surface area contributed by atoms with E-state index in [0.29, 0.717) is 30.6 Å². The van der Waals surface area contributed by atoms with Crippen molar-refractivity contribution in [2.24, 2.45) is 0 Å². The normalized spacial score (nSPS) is 15.2. The number of rotatable bonds is 4. The summed E-state index contributed by atoms with van der Waals surface area (Å²) in [6.07, 6.45) is 2.93. The molecule has 0 spiro atoms. The van der Waals surface area contributed by atoms with Crippen molar-refractivity contribution >= 4 is 11.7 Å². The summed E-state index contributed by atoms with van der Waals surface area (Å²) in [5.74, 6) is 1.47. The first-order valence-electron chi connectivity index (χ1n) is 8.55. The first kappa shape index (κ1) is 15.7. The van der Waals surface area contributed by atoms with Crippen molar-refractivity contribution in [2.45, 2.75) is 32.6 Å². The molecule has 0 atom stereocenters. The van der Waals surface area contributed by atoms with E-state index in [0.717, 1.165) is 41.2 Å². The van der Waals surface area contributed by atoms with Gasteiger partial charge in [0.05, 0.1) is 0 Å². The molecule has 4 rings (SSSR count). The fraction of sp³-hybridized carbons (Fsp3) is 0.368. The van der Waals surface area contributed by atoms with Crippen LogP contribution in [-0.2, 0) is 12.8 Å². The number of ketones is 1. The summed E-state index contributed by atoms with van der Waals surface area (Å²) in [7, 11) is 0. The minimum Gasteiger partial charge on any atom is -0.454 e. The number of carbonyl (C=O) groups is 2. The van der Waals surface area contributed by atoms with Crippen LogP contribution in [0.2, 0.25) is 0 Å². The number of benzene rings is 1. The fourth-order valence-electron chi connectivity index (χ4n) is 3.51. The van der Waals surface area contributed by atoms with Gasteiger partial charge in [-0.1, -0.05) is 6.07 Å². The molecule has 0 unspecified atom stereocenters. The Morgan fingerprint density at radius 1 is 1.24 bits per heavy atom. The van der Waals surface area contributed by atoms with E-state index in [1.54, 1.807) is 0 Å². The van der Waals surface area contributed by atoms with Crippen LogP contribution in [0.5, 0.6) is 11.5 Å². The highest BCUT2D eigenvalue weighted by molar-refractivity contribution is 6.04. The first-order chi connectivity index (χ1) is 12.1. The van der Waals surface area contributed by atoms with Crippen LogP contribution in [0.15, 0.2) is 18.2 Å². The van der Waals surface area contributed by atoms with Gasteiger partial charge in [0.15, 0.2) is 17.3 Å². The Morgan fingerprint density at radius 2 is 2.08 bits per heavy atom. The van der Waals surface area contributed by atoms with E-state index in [1.165, 1.54) is 0 Å². The predicted octanol–water partition coefficient (Wildman–Crippen LogP) is 2.54. The molecule has 2 heterocycles. The molecule has 1 aliphatic heterocycles. The summed E-state index contributed by atoms with van der Waals surface area (Å²) in [5.41, 5.74) is 3.95. The van der Waals surface area contributed by atoms with E-state index in [9.17, 15) is 9.59 Å². The van der Waals surface area contributed by atoms with Gasteiger partial charge in [-0.05, 0) is 49.4 Å². The van der Waals surface area contributed by atoms with Gasteiger partial charge in [-0.25, -0.2) is 0 Å². The van der Waals surface area contributed by atoms with Gasteiger partial charge < -0.3 is 19.8 Å². The minimum atomic E-state index is -0.166. The number of fused-ring (bicyclic) bond motifs is 2. The molecule has 0 fully saturated rings. The molecule has 1 aromatic carbocycles. The number of amides is 1.